The monoisotopic (exact) mass is 605 g/mol. The average molecular weight is 606 g/mol. The molecule has 2 nitrogen and oxygen atoms in total. The summed E-state index contributed by atoms with van der Waals surface area (Å²) in [7, 11) is 0. The maximum atomic E-state index is 11.1. The average Bonchev–Trinajstić information content (AvgIpc) is 3.36. The molecule has 0 saturated heterocycles. The van der Waals surface area contributed by atoms with Gasteiger partial charge in [0.2, 0.25) is 0 Å². The normalized spacial score (nSPS) is 14.0. The molecule has 6 aromatic rings. The molecule has 0 unspecified atom stereocenters. The van der Waals surface area contributed by atoms with Gasteiger partial charge >= 0.3 is 0 Å². The van der Waals surface area contributed by atoms with E-state index < -0.39 is 5.60 Å². The largest absolute Gasteiger partial charge is 0.386 e. The quantitative estimate of drug-likeness (QED) is 0.188. The molecule has 0 aliphatic carbocycles. The van der Waals surface area contributed by atoms with Crippen molar-refractivity contribution in [2.45, 2.75) is 38.7 Å². The molecular formula is C42H36ClNO. The van der Waals surface area contributed by atoms with E-state index in [4.69, 9.17) is 11.6 Å². The number of hydrogen-bond acceptors (Lipinski definition) is 1. The van der Waals surface area contributed by atoms with Crippen molar-refractivity contribution in [3.63, 3.8) is 0 Å². The van der Waals surface area contributed by atoms with Gasteiger partial charge in [-0.25, -0.2) is 0 Å². The standard InChI is InChI=1S/C42H36ClNO/c1-7-12-26(8-2)28-15-19-38-33(21-28)34-22-30(27-13-10-9-11-14-27)24-37-40(34)44(38)39-20-16-29(23-36(39)41(37,3)4)32-18-17-31(43)25-35(32)42(5,6)45/h7-25,45H,1-2H2,3-6H3/b26-12+. The van der Waals surface area contributed by atoms with Crippen LogP contribution in [0.25, 0.3) is 55.3 Å². The van der Waals surface area contributed by atoms with Crippen LogP contribution in [-0.4, -0.2) is 9.67 Å². The number of benzene rings is 5. The van der Waals surface area contributed by atoms with E-state index in [2.05, 4.69) is 110 Å². The number of fused-ring (bicyclic) bond motifs is 5. The van der Waals surface area contributed by atoms with Gasteiger partial charge < -0.3 is 9.67 Å². The van der Waals surface area contributed by atoms with Crippen LogP contribution in [0.5, 0.6) is 0 Å². The van der Waals surface area contributed by atoms with Crippen LogP contribution >= 0.6 is 11.6 Å². The second-order valence-corrected chi connectivity index (χ2v) is 13.5. The van der Waals surface area contributed by atoms with E-state index in [9.17, 15) is 5.11 Å². The first kappa shape index (κ1) is 29.1. The van der Waals surface area contributed by atoms with E-state index in [0.717, 1.165) is 33.3 Å². The summed E-state index contributed by atoms with van der Waals surface area (Å²) in [4.78, 5) is 0. The number of hydrogen-bond donors (Lipinski definition) is 1. The van der Waals surface area contributed by atoms with E-state index in [0.29, 0.717) is 5.02 Å². The molecule has 1 aliphatic heterocycles. The van der Waals surface area contributed by atoms with Crippen LogP contribution in [0.15, 0.2) is 128 Å². The summed E-state index contributed by atoms with van der Waals surface area (Å²) in [5.74, 6) is 0. The van der Waals surface area contributed by atoms with Gasteiger partial charge in [-0.15, -0.1) is 0 Å². The molecule has 5 aromatic carbocycles. The Morgan fingerprint density at radius 1 is 0.800 bits per heavy atom. The zero-order chi connectivity index (χ0) is 31.7. The van der Waals surface area contributed by atoms with Crippen LogP contribution < -0.4 is 0 Å². The third kappa shape index (κ3) is 4.60. The van der Waals surface area contributed by atoms with Gasteiger partial charge in [-0.1, -0.05) is 105 Å². The summed E-state index contributed by atoms with van der Waals surface area (Å²) in [6.45, 7) is 16.2. The molecule has 1 aliphatic rings. The number of halogens is 1. The molecule has 3 heteroatoms. The molecule has 7 rings (SSSR count). The summed E-state index contributed by atoms with van der Waals surface area (Å²) in [6.07, 6.45) is 5.70. The minimum Gasteiger partial charge on any atom is -0.386 e. The first-order valence-corrected chi connectivity index (χ1v) is 15.7. The molecule has 0 radical (unpaired) electrons. The zero-order valence-electron chi connectivity index (χ0n) is 26.2. The van der Waals surface area contributed by atoms with E-state index in [-0.39, 0.29) is 5.41 Å². The van der Waals surface area contributed by atoms with Crippen molar-refractivity contribution in [2.24, 2.45) is 0 Å². The van der Waals surface area contributed by atoms with Gasteiger partial charge in [-0.2, -0.15) is 0 Å². The van der Waals surface area contributed by atoms with Gasteiger partial charge in [-0.3, -0.25) is 0 Å². The molecule has 222 valence electrons. The van der Waals surface area contributed by atoms with Gasteiger partial charge in [0.15, 0.2) is 0 Å². The first-order chi connectivity index (χ1) is 21.5. The topological polar surface area (TPSA) is 25.2 Å². The molecule has 0 bridgehead atoms. The summed E-state index contributed by atoms with van der Waals surface area (Å²) in [6, 6.07) is 34.6. The molecule has 2 heterocycles. The Balaban J connectivity index is 1.57. The van der Waals surface area contributed by atoms with Gasteiger partial charge in [0.1, 0.15) is 0 Å². The first-order valence-electron chi connectivity index (χ1n) is 15.3. The zero-order valence-corrected chi connectivity index (χ0v) is 26.9. The van der Waals surface area contributed by atoms with Crippen molar-refractivity contribution < 1.29 is 5.11 Å². The predicted molar refractivity (Wildman–Crippen MR) is 192 cm³/mol. The van der Waals surface area contributed by atoms with Crippen LogP contribution in [0, 0.1) is 0 Å². The fraction of sp³-hybridized carbons (Fsp3) is 0.143. The summed E-state index contributed by atoms with van der Waals surface area (Å²) < 4.78 is 2.44. The molecule has 0 fully saturated rings. The van der Waals surface area contributed by atoms with Crippen LogP contribution in [0.2, 0.25) is 5.02 Å². The van der Waals surface area contributed by atoms with E-state index >= 15 is 0 Å². The van der Waals surface area contributed by atoms with E-state index in [1.165, 1.54) is 44.2 Å². The second-order valence-electron chi connectivity index (χ2n) is 13.0. The minimum absolute atomic E-state index is 0.308. The van der Waals surface area contributed by atoms with Crippen molar-refractivity contribution in [3.05, 3.63) is 156 Å². The Morgan fingerprint density at radius 2 is 1.56 bits per heavy atom. The SMILES string of the molecule is C=C/C=C(\C=C)c1ccc2c(c1)c1cc(-c3ccccc3)cc3c1n2-c1ccc(-c2ccc(Cl)cc2C(C)(C)O)cc1C3(C)C. The van der Waals surface area contributed by atoms with Gasteiger partial charge in [-0.05, 0) is 112 Å². The molecule has 0 spiro atoms. The molecule has 0 amide bonds. The maximum absolute atomic E-state index is 11.1. The Bertz CT molecular complexity index is 2210. The number of nitrogens with zero attached hydrogens (tertiary/aromatic N) is 1. The second kappa shape index (κ2) is 10.5. The third-order valence-corrected chi connectivity index (χ3v) is 9.59. The van der Waals surface area contributed by atoms with Crippen LogP contribution in [0.3, 0.4) is 0 Å². The Kier molecular flexibility index (Phi) is 6.78. The highest BCUT2D eigenvalue weighted by Gasteiger charge is 2.36. The Hall–Kier alpha value is -4.63. The highest BCUT2D eigenvalue weighted by molar-refractivity contribution is 6.30. The summed E-state index contributed by atoms with van der Waals surface area (Å²) in [5, 5.41) is 14.1. The van der Waals surface area contributed by atoms with Crippen LogP contribution in [0.4, 0.5) is 0 Å². The lowest BCUT2D eigenvalue weighted by Crippen LogP contribution is -2.26. The van der Waals surface area contributed by atoms with Gasteiger partial charge in [0.25, 0.3) is 0 Å². The molecule has 1 N–H and O–H groups in total. The summed E-state index contributed by atoms with van der Waals surface area (Å²) in [5.41, 5.74) is 12.1. The van der Waals surface area contributed by atoms with Crippen molar-refractivity contribution in [3.8, 4) is 27.9 Å². The molecule has 1 aromatic heterocycles. The highest BCUT2D eigenvalue weighted by atomic mass is 35.5. The van der Waals surface area contributed by atoms with Gasteiger partial charge in [0.05, 0.1) is 22.3 Å². The van der Waals surface area contributed by atoms with E-state index in [1.807, 2.05) is 50.3 Å². The lowest BCUT2D eigenvalue weighted by molar-refractivity contribution is 0.0792. The minimum atomic E-state index is -1.05. The van der Waals surface area contributed by atoms with Crippen LogP contribution in [0.1, 0.15) is 49.9 Å². The maximum Gasteiger partial charge on any atom is 0.0847 e. The lowest BCUT2D eigenvalue weighted by Gasteiger charge is -2.36. The number of rotatable bonds is 6. The fourth-order valence-corrected chi connectivity index (χ4v) is 7.25. The van der Waals surface area contributed by atoms with Gasteiger partial charge in [0, 0.05) is 21.2 Å². The molecule has 0 atom stereocenters. The lowest BCUT2D eigenvalue weighted by atomic mass is 9.73. The molecule has 0 saturated carbocycles. The Labute approximate surface area is 270 Å². The van der Waals surface area contributed by atoms with Crippen LogP contribution in [-0.2, 0) is 11.0 Å². The number of allylic oxidation sites excluding steroid dienone is 4. The summed E-state index contributed by atoms with van der Waals surface area (Å²) >= 11 is 6.41. The fourth-order valence-electron chi connectivity index (χ4n) is 7.08. The van der Waals surface area contributed by atoms with Crippen molar-refractivity contribution in [2.75, 3.05) is 0 Å². The smallest absolute Gasteiger partial charge is 0.0847 e. The van der Waals surface area contributed by atoms with Crippen molar-refractivity contribution in [1.82, 2.24) is 4.57 Å². The number of aromatic nitrogens is 1. The Morgan fingerprint density at radius 3 is 2.27 bits per heavy atom. The molecule has 45 heavy (non-hydrogen) atoms. The third-order valence-electron chi connectivity index (χ3n) is 9.35. The molecular weight excluding hydrogens is 570 g/mol. The van der Waals surface area contributed by atoms with Crippen molar-refractivity contribution in [1.29, 1.82) is 0 Å². The van der Waals surface area contributed by atoms with E-state index in [1.54, 1.807) is 0 Å². The highest BCUT2D eigenvalue weighted by Crippen LogP contribution is 2.50. The predicted octanol–water partition coefficient (Wildman–Crippen LogP) is 11.4. The number of aliphatic hydroxyl groups is 1. The van der Waals surface area contributed by atoms with Crippen molar-refractivity contribution >= 4 is 39.0 Å².